The molecule has 3 heteroatoms. The minimum atomic E-state index is 0.253. The molecule has 194 valence electrons. The van der Waals surface area contributed by atoms with Crippen molar-refractivity contribution in [1.29, 1.82) is 0 Å². The molecule has 32 heavy (non-hydrogen) atoms. The van der Waals surface area contributed by atoms with Crippen LogP contribution in [0.25, 0.3) is 0 Å². The molecular formula is C29H63N2P. The fourth-order valence-electron chi connectivity index (χ4n) is 3.74. The van der Waals surface area contributed by atoms with Crippen LogP contribution in [0.1, 0.15) is 113 Å². The topological polar surface area (TPSA) is 15.3 Å². The van der Waals surface area contributed by atoms with Crippen molar-refractivity contribution >= 4 is 7.92 Å². The average molecular weight is 471 g/mol. The minimum Gasteiger partial charge on any atom is -0.317 e. The average Bonchev–Trinajstić information content (AvgIpc) is 2.81. The first-order valence-electron chi connectivity index (χ1n) is 14.0. The molecular weight excluding hydrogens is 407 g/mol. The Kier molecular flexibility index (Phi) is 37.5. The Hall–Kier alpha value is -0.170. The van der Waals surface area contributed by atoms with E-state index in [1.807, 2.05) is 20.8 Å². The SMILES string of the molecule is C=CC.CC.CCCCC/C=C\CCCP(C)CCCNCCC(CC)N(CC)CCC. The fourth-order valence-corrected chi connectivity index (χ4v) is 5.38. The summed E-state index contributed by atoms with van der Waals surface area (Å²) in [6, 6.07) is 0.765. The van der Waals surface area contributed by atoms with Gasteiger partial charge in [0.05, 0.1) is 0 Å². The molecule has 0 heterocycles. The Labute approximate surface area is 206 Å². The van der Waals surface area contributed by atoms with Gasteiger partial charge in [-0.15, -0.1) is 14.5 Å². The first kappa shape index (κ1) is 36.4. The molecule has 2 atom stereocenters. The van der Waals surface area contributed by atoms with Gasteiger partial charge in [0.25, 0.3) is 0 Å². The number of nitrogens with zero attached hydrogens (tertiary/aromatic N) is 1. The van der Waals surface area contributed by atoms with Gasteiger partial charge in [0.1, 0.15) is 0 Å². The fraction of sp³-hybridized carbons (Fsp3) is 0.862. The highest BCUT2D eigenvalue weighted by Crippen LogP contribution is 2.32. The molecule has 0 aromatic rings. The molecule has 2 nitrogen and oxygen atoms in total. The van der Waals surface area contributed by atoms with Crippen molar-refractivity contribution in [2.75, 3.05) is 45.2 Å². The Bertz CT molecular complexity index is 357. The normalized spacial score (nSPS) is 12.7. The second-order valence-corrected chi connectivity index (χ2v) is 11.0. The van der Waals surface area contributed by atoms with E-state index in [1.54, 1.807) is 6.08 Å². The Morgan fingerprint density at radius 3 is 2.00 bits per heavy atom. The lowest BCUT2D eigenvalue weighted by molar-refractivity contribution is 0.190. The molecule has 0 aliphatic rings. The molecule has 0 saturated carbocycles. The monoisotopic (exact) mass is 470 g/mol. The van der Waals surface area contributed by atoms with E-state index in [-0.39, 0.29) is 7.92 Å². The molecule has 0 amide bonds. The van der Waals surface area contributed by atoms with Crippen LogP contribution in [0, 0.1) is 0 Å². The van der Waals surface area contributed by atoms with Gasteiger partial charge in [0.2, 0.25) is 0 Å². The number of allylic oxidation sites excluding steroid dienone is 3. The summed E-state index contributed by atoms with van der Waals surface area (Å²) < 4.78 is 0. The highest BCUT2D eigenvalue weighted by molar-refractivity contribution is 7.56. The Morgan fingerprint density at radius 1 is 0.875 bits per heavy atom. The highest BCUT2D eigenvalue weighted by atomic mass is 31.1. The van der Waals surface area contributed by atoms with Crippen molar-refractivity contribution < 1.29 is 0 Å². The van der Waals surface area contributed by atoms with Gasteiger partial charge in [-0.2, -0.15) is 0 Å². The van der Waals surface area contributed by atoms with Gasteiger partial charge in [0, 0.05) is 6.04 Å². The zero-order chi connectivity index (χ0) is 24.9. The van der Waals surface area contributed by atoms with E-state index in [2.05, 4.69) is 63.3 Å². The first-order valence-corrected chi connectivity index (χ1v) is 16.1. The molecule has 0 aromatic carbocycles. The third-order valence-electron chi connectivity index (χ3n) is 5.50. The van der Waals surface area contributed by atoms with Gasteiger partial charge >= 0.3 is 0 Å². The lowest BCUT2D eigenvalue weighted by Crippen LogP contribution is -2.37. The third kappa shape index (κ3) is 27.9. The number of unbranched alkanes of at least 4 members (excludes halogenated alkanes) is 4. The molecule has 0 saturated heterocycles. The predicted octanol–water partition coefficient (Wildman–Crippen LogP) is 9.11. The number of hydrogen-bond donors (Lipinski definition) is 1. The van der Waals surface area contributed by atoms with E-state index in [0.717, 1.165) is 6.04 Å². The zero-order valence-corrected chi connectivity index (χ0v) is 24.6. The maximum atomic E-state index is 3.70. The van der Waals surface area contributed by atoms with E-state index in [1.165, 1.54) is 103 Å². The molecule has 0 fully saturated rings. The molecule has 0 aromatic heterocycles. The van der Waals surface area contributed by atoms with Crippen LogP contribution in [0.3, 0.4) is 0 Å². The van der Waals surface area contributed by atoms with E-state index in [9.17, 15) is 0 Å². The van der Waals surface area contributed by atoms with Crippen LogP contribution in [0.5, 0.6) is 0 Å². The van der Waals surface area contributed by atoms with Crippen molar-refractivity contribution in [3.63, 3.8) is 0 Å². The lowest BCUT2D eigenvalue weighted by atomic mass is 10.1. The summed E-state index contributed by atoms with van der Waals surface area (Å²) in [5.74, 6) is 0. The Balaban J connectivity index is -0.00000154. The van der Waals surface area contributed by atoms with Gasteiger partial charge in [0.15, 0.2) is 0 Å². The van der Waals surface area contributed by atoms with Crippen LogP contribution in [-0.4, -0.2) is 56.1 Å². The van der Waals surface area contributed by atoms with E-state index in [0.29, 0.717) is 0 Å². The molecule has 0 rings (SSSR count). The second kappa shape index (κ2) is 33.0. The summed E-state index contributed by atoms with van der Waals surface area (Å²) in [6.07, 6.45) is 22.7. The first-order chi connectivity index (χ1) is 15.6. The molecule has 0 radical (unpaired) electrons. The summed E-state index contributed by atoms with van der Waals surface area (Å²) in [5, 5.41) is 3.70. The molecule has 0 spiro atoms. The van der Waals surface area contributed by atoms with Crippen LogP contribution in [0.15, 0.2) is 24.8 Å². The van der Waals surface area contributed by atoms with E-state index >= 15 is 0 Å². The second-order valence-electron chi connectivity index (χ2n) is 8.40. The summed E-state index contributed by atoms with van der Waals surface area (Å²) in [5.41, 5.74) is 0. The minimum absolute atomic E-state index is 0.253. The zero-order valence-electron chi connectivity index (χ0n) is 23.7. The number of hydrogen-bond acceptors (Lipinski definition) is 2. The van der Waals surface area contributed by atoms with Crippen molar-refractivity contribution in [3.05, 3.63) is 24.8 Å². The van der Waals surface area contributed by atoms with Crippen LogP contribution in [-0.2, 0) is 0 Å². The maximum absolute atomic E-state index is 3.70. The van der Waals surface area contributed by atoms with Crippen LogP contribution >= 0.6 is 7.92 Å². The van der Waals surface area contributed by atoms with Gasteiger partial charge in [-0.05, 0) is 103 Å². The standard InChI is InChI=1S/C24H51N2P.C3H6.C2H6/c1-6-10-11-12-13-14-15-16-22-27(5)23-17-19-25-20-18-24(8-3)26(9-4)21-7-2;1-3-2;1-2/h13-14,24-25H,6-12,15-23H2,1-5H3;3H,1H2,2H3;1-2H3/b14-13-;;. The summed E-state index contributed by atoms with van der Waals surface area (Å²) >= 11 is 0. The third-order valence-corrected chi connectivity index (χ3v) is 7.66. The van der Waals surface area contributed by atoms with Crippen molar-refractivity contribution in [2.24, 2.45) is 0 Å². The van der Waals surface area contributed by atoms with Gasteiger partial charge in [-0.3, -0.25) is 0 Å². The molecule has 0 bridgehead atoms. The maximum Gasteiger partial charge on any atom is 0.0105 e. The van der Waals surface area contributed by atoms with Gasteiger partial charge < -0.3 is 10.2 Å². The molecule has 2 unspecified atom stereocenters. The van der Waals surface area contributed by atoms with Crippen LogP contribution in [0.4, 0.5) is 0 Å². The lowest BCUT2D eigenvalue weighted by Gasteiger charge is -2.29. The van der Waals surface area contributed by atoms with Crippen molar-refractivity contribution in [3.8, 4) is 0 Å². The van der Waals surface area contributed by atoms with Gasteiger partial charge in [-0.1, -0.05) is 72.6 Å². The van der Waals surface area contributed by atoms with E-state index in [4.69, 9.17) is 0 Å². The largest absolute Gasteiger partial charge is 0.317 e. The van der Waals surface area contributed by atoms with Gasteiger partial charge in [-0.25, -0.2) is 0 Å². The van der Waals surface area contributed by atoms with Crippen LogP contribution in [0.2, 0.25) is 0 Å². The van der Waals surface area contributed by atoms with Crippen molar-refractivity contribution in [1.82, 2.24) is 10.2 Å². The van der Waals surface area contributed by atoms with Crippen LogP contribution < -0.4 is 5.32 Å². The summed E-state index contributed by atoms with van der Waals surface area (Å²) in [4.78, 5) is 2.66. The molecule has 0 aliphatic heterocycles. The number of nitrogens with one attached hydrogen (secondary N) is 1. The smallest absolute Gasteiger partial charge is 0.0105 e. The summed E-state index contributed by atoms with van der Waals surface area (Å²) in [7, 11) is 0.253. The quantitative estimate of drug-likeness (QED) is 0.108. The Morgan fingerprint density at radius 2 is 1.47 bits per heavy atom. The van der Waals surface area contributed by atoms with E-state index < -0.39 is 0 Å². The molecule has 0 aliphatic carbocycles. The highest BCUT2D eigenvalue weighted by Gasteiger charge is 2.13. The number of rotatable bonds is 20. The predicted molar refractivity (Wildman–Crippen MR) is 156 cm³/mol. The van der Waals surface area contributed by atoms with Crippen molar-refractivity contribution in [2.45, 2.75) is 119 Å². The summed E-state index contributed by atoms with van der Waals surface area (Å²) in [6.45, 7) is 25.8. The molecule has 1 N–H and O–H groups in total.